The highest BCUT2D eigenvalue weighted by molar-refractivity contribution is 5.85. The average molecular weight is 232 g/mol. The summed E-state index contributed by atoms with van der Waals surface area (Å²) in [5, 5.41) is 3.29. The zero-order valence-electron chi connectivity index (χ0n) is 8.74. The number of hydrogen-bond donors (Lipinski definition) is 2. The molecule has 0 spiro atoms. The highest BCUT2D eigenvalue weighted by Crippen LogP contribution is 2.28. The van der Waals surface area contributed by atoms with Crippen molar-refractivity contribution in [3.05, 3.63) is 18.2 Å². The third kappa shape index (κ3) is 5.16. The molecule has 1 saturated carbocycles. The van der Waals surface area contributed by atoms with E-state index in [1.807, 2.05) is 6.20 Å². The second kappa shape index (κ2) is 6.82. The van der Waals surface area contributed by atoms with E-state index in [0.29, 0.717) is 0 Å². The third-order valence-electron chi connectivity index (χ3n) is 2.34. The SMILES string of the molecule is Cl.c1ncc(CNCCOCC2CC2)[nH]1. The van der Waals surface area contributed by atoms with Gasteiger partial charge in [0.1, 0.15) is 0 Å². The highest BCUT2D eigenvalue weighted by atomic mass is 35.5. The maximum Gasteiger partial charge on any atom is 0.0922 e. The Bertz CT molecular complexity index is 249. The molecule has 1 aliphatic rings. The summed E-state index contributed by atoms with van der Waals surface area (Å²) in [5.41, 5.74) is 1.12. The number of halogens is 1. The zero-order valence-corrected chi connectivity index (χ0v) is 9.55. The molecule has 0 amide bonds. The van der Waals surface area contributed by atoms with E-state index in [2.05, 4.69) is 15.3 Å². The predicted molar refractivity (Wildman–Crippen MR) is 61.1 cm³/mol. The number of nitrogens with one attached hydrogen (secondary N) is 2. The van der Waals surface area contributed by atoms with Gasteiger partial charge in [-0.25, -0.2) is 4.98 Å². The minimum Gasteiger partial charge on any atom is -0.380 e. The molecule has 5 heteroatoms. The number of imidazole rings is 1. The minimum atomic E-state index is 0. The van der Waals surface area contributed by atoms with Crippen LogP contribution >= 0.6 is 12.4 Å². The lowest BCUT2D eigenvalue weighted by Crippen LogP contribution is -2.19. The molecule has 0 aromatic carbocycles. The number of ether oxygens (including phenoxy) is 1. The Labute approximate surface area is 96.2 Å². The van der Waals surface area contributed by atoms with Gasteiger partial charge in [-0.1, -0.05) is 0 Å². The van der Waals surface area contributed by atoms with Crippen molar-refractivity contribution in [1.29, 1.82) is 0 Å². The first-order valence-corrected chi connectivity index (χ1v) is 5.21. The molecular formula is C10H18ClN3O. The molecule has 0 atom stereocenters. The lowest BCUT2D eigenvalue weighted by molar-refractivity contribution is 0.126. The molecule has 15 heavy (non-hydrogen) atoms. The number of aromatic nitrogens is 2. The van der Waals surface area contributed by atoms with Crippen LogP contribution in [0.1, 0.15) is 18.5 Å². The second-order valence-corrected chi connectivity index (χ2v) is 3.77. The molecule has 2 N–H and O–H groups in total. The highest BCUT2D eigenvalue weighted by Gasteiger charge is 2.20. The van der Waals surface area contributed by atoms with Crippen molar-refractivity contribution in [3.8, 4) is 0 Å². The Kier molecular flexibility index (Phi) is 5.68. The van der Waals surface area contributed by atoms with Gasteiger partial charge in [0.15, 0.2) is 0 Å². The van der Waals surface area contributed by atoms with Crippen LogP contribution in [-0.4, -0.2) is 29.7 Å². The number of hydrogen-bond acceptors (Lipinski definition) is 3. The van der Waals surface area contributed by atoms with Gasteiger partial charge in [-0.3, -0.25) is 0 Å². The molecule has 0 saturated heterocycles. The van der Waals surface area contributed by atoms with Crippen LogP contribution in [0.4, 0.5) is 0 Å². The predicted octanol–water partition coefficient (Wildman–Crippen LogP) is 1.35. The van der Waals surface area contributed by atoms with E-state index in [-0.39, 0.29) is 12.4 Å². The second-order valence-electron chi connectivity index (χ2n) is 3.77. The summed E-state index contributed by atoms with van der Waals surface area (Å²) in [5.74, 6) is 0.864. The first-order valence-electron chi connectivity index (χ1n) is 5.21. The number of rotatable bonds is 7. The Balaban J connectivity index is 0.00000112. The van der Waals surface area contributed by atoms with Crippen molar-refractivity contribution in [2.75, 3.05) is 19.8 Å². The summed E-state index contributed by atoms with van der Waals surface area (Å²) < 4.78 is 5.49. The summed E-state index contributed by atoms with van der Waals surface area (Å²) in [4.78, 5) is 6.98. The normalized spacial score (nSPS) is 14.9. The van der Waals surface area contributed by atoms with E-state index < -0.39 is 0 Å². The van der Waals surface area contributed by atoms with Crippen molar-refractivity contribution in [2.24, 2.45) is 5.92 Å². The molecule has 1 aromatic heterocycles. The van der Waals surface area contributed by atoms with Crippen molar-refractivity contribution in [3.63, 3.8) is 0 Å². The van der Waals surface area contributed by atoms with E-state index >= 15 is 0 Å². The van der Waals surface area contributed by atoms with Gasteiger partial charge in [0.25, 0.3) is 0 Å². The van der Waals surface area contributed by atoms with Crippen LogP contribution in [0.5, 0.6) is 0 Å². The van der Waals surface area contributed by atoms with Crippen molar-refractivity contribution in [2.45, 2.75) is 19.4 Å². The van der Waals surface area contributed by atoms with Gasteiger partial charge in [0.2, 0.25) is 0 Å². The Morgan fingerprint density at radius 1 is 1.53 bits per heavy atom. The van der Waals surface area contributed by atoms with Crippen LogP contribution < -0.4 is 5.32 Å². The molecule has 0 aliphatic heterocycles. The molecule has 4 nitrogen and oxygen atoms in total. The van der Waals surface area contributed by atoms with Gasteiger partial charge in [-0.2, -0.15) is 0 Å². The maximum atomic E-state index is 5.49. The summed E-state index contributed by atoms with van der Waals surface area (Å²) in [6.45, 7) is 3.51. The Morgan fingerprint density at radius 2 is 2.40 bits per heavy atom. The smallest absolute Gasteiger partial charge is 0.0922 e. The number of aromatic amines is 1. The van der Waals surface area contributed by atoms with Crippen LogP contribution in [0.15, 0.2) is 12.5 Å². The molecule has 0 radical (unpaired) electrons. The summed E-state index contributed by atoms with van der Waals surface area (Å²) in [6.07, 6.45) is 6.25. The average Bonchev–Trinajstić information content (AvgIpc) is 2.87. The van der Waals surface area contributed by atoms with Crippen molar-refractivity contribution < 1.29 is 4.74 Å². The fraction of sp³-hybridized carbons (Fsp3) is 0.700. The number of nitrogens with zero attached hydrogens (tertiary/aromatic N) is 1. The molecule has 2 rings (SSSR count). The van der Waals surface area contributed by atoms with Gasteiger partial charge < -0.3 is 15.0 Å². The summed E-state index contributed by atoms with van der Waals surface area (Å²) >= 11 is 0. The molecule has 0 bridgehead atoms. The molecule has 1 fully saturated rings. The van der Waals surface area contributed by atoms with Crippen LogP contribution in [0, 0.1) is 5.92 Å². The molecule has 0 unspecified atom stereocenters. The standard InChI is InChI=1S/C10H17N3O.ClH/c1-2-9(1)7-14-4-3-11-5-10-6-12-8-13-10;/h6,8-9,11H,1-5,7H2,(H,12,13);1H. The summed E-state index contributed by atoms with van der Waals surface area (Å²) in [6, 6.07) is 0. The Hall–Kier alpha value is -0.580. The van der Waals surface area contributed by atoms with Crippen molar-refractivity contribution in [1.82, 2.24) is 15.3 Å². The lowest BCUT2D eigenvalue weighted by atomic mass is 10.4. The van der Waals surface area contributed by atoms with E-state index in [1.54, 1.807) is 6.33 Å². The van der Waals surface area contributed by atoms with Crippen LogP contribution in [0.3, 0.4) is 0 Å². The van der Waals surface area contributed by atoms with Crippen LogP contribution in [0.2, 0.25) is 0 Å². The van der Waals surface area contributed by atoms with E-state index in [1.165, 1.54) is 12.8 Å². The van der Waals surface area contributed by atoms with Crippen LogP contribution in [0.25, 0.3) is 0 Å². The fourth-order valence-corrected chi connectivity index (χ4v) is 1.28. The van der Waals surface area contributed by atoms with E-state index in [0.717, 1.165) is 37.9 Å². The Morgan fingerprint density at radius 3 is 3.07 bits per heavy atom. The van der Waals surface area contributed by atoms with Gasteiger partial charge in [0, 0.05) is 31.6 Å². The first-order chi connectivity index (χ1) is 6.95. The molecule has 1 aromatic rings. The largest absolute Gasteiger partial charge is 0.380 e. The van der Waals surface area contributed by atoms with Gasteiger partial charge in [-0.05, 0) is 18.8 Å². The zero-order chi connectivity index (χ0) is 9.64. The van der Waals surface area contributed by atoms with Gasteiger partial charge in [0.05, 0.1) is 12.9 Å². The van der Waals surface area contributed by atoms with Crippen molar-refractivity contribution >= 4 is 12.4 Å². The topological polar surface area (TPSA) is 49.9 Å². The lowest BCUT2D eigenvalue weighted by Gasteiger charge is -2.04. The quantitative estimate of drug-likeness (QED) is 0.697. The van der Waals surface area contributed by atoms with Gasteiger partial charge in [-0.15, -0.1) is 12.4 Å². The minimum absolute atomic E-state index is 0. The summed E-state index contributed by atoms with van der Waals surface area (Å²) in [7, 11) is 0. The maximum absolute atomic E-state index is 5.49. The number of H-pyrrole nitrogens is 1. The molecule has 86 valence electrons. The molecule has 1 heterocycles. The van der Waals surface area contributed by atoms with E-state index in [9.17, 15) is 0 Å². The third-order valence-corrected chi connectivity index (χ3v) is 2.34. The van der Waals surface area contributed by atoms with Gasteiger partial charge >= 0.3 is 0 Å². The van der Waals surface area contributed by atoms with Crippen LogP contribution in [-0.2, 0) is 11.3 Å². The van der Waals surface area contributed by atoms with E-state index in [4.69, 9.17) is 4.74 Å². The monoisotopic (exact) mass is 231 g/mol. The fourth-order valence-electron chi connectivity index (χ4n) is 1.28. The molecular weight excluding hydrogens is 214 g/mol. The first kappa shape index (κ1) is 12.5. The molecule has 1 aliphatic carbocycles.